The molecule has 0 saturated carbocycles. The Labute approximate surface area is 144 Å². The van der Waals surface area contributed by atoms with Crippen molar-refractivity contribution in [3.63, 3.8) is 0 Å². The van der Waals surface area contributed by atoms with Crippen LogP contribution in [-0.2, 0) is 6.42 Å². The predicted molar refractivity (Wildman–Crippen MR) is 88.9 cm³/mol. The van der Waals surface area contributed by atoms with Gasteiger partial charge in [-0.1, -0.05) is 23.2 Å². The number of hydrogen-bond donors (Lipinski definition) is 2. The maximum absolute atomic E-state index is 12.6. The third-order valence-electron chi connectivity index (χ3n) is 4.03. The van der Waals surface area contributed by atoms with E-state index in [1.807, 2.05) is 13.0 Å². The molecule has 1 aliphatic heterocycles. The number of amides is 1. The van der Waals surface area contributed by atoms with Crippen molar-refractivity contribution in [3.05, 3.63) is 51.3 Å². The highest BCUT2D eigenvalue weighted by Gasteiger charge is 2.34. The second-order valence-electron chi connectivity index (χ2n) is 5.94. The number of halogens is 2. The smallest absolute Gasteiger partial charge is 0.254 e. The van der Waals surface area contributed by atoms with Crippen molar-refractivity contribution < 1.29 is 9.90 Å². The SMILES string of the molecule is Cc1cc(C[C@@H]2CN(C(=O)c3cc(Cl)cc(Cl)c3)C[C@H]2O)n[nH]1. The lowest BCUT2D eigenvalue weighted by Gasteiger charge is -2.16. The molecule has 2 heterocycles. The van der Waals surface area contributed by atoms with Crippen LogP contribution in [0.5, 0.6) is 0 Å². The number of carbonyl (C=O) groups excluding carboxylic acids is 1. The minimum absolute atomic E-state index is 0.0312. The molecule has 2 N–H and O–H groups in total. The van der Waals surface area contributed by atoms with E-state index >= 15 is 0 Å². The molecule has 1 aliphatic rings. The molecule has 1 fully saturated rings. The molecule has 0 radical (unpaired) electrons. The first-order chi connectivity index (χ1) is 10.9. The van der Waals surface area contributed by atoms with E-state index in [1.165, 1.54) is 0 Å². The quantitative estimate of drug-likeness (QED) is 0.891. The summed E-state index contributed by atoms with van der Waals surface area (Å²) in [5.41, 5.74) is 2.31. The summed E-state index contributed by atoms with van der Waals surface area (Å²) in [5, 5.41) is 18.2. The van der Waals surface area contributed by atoms with E-state index < -0.39 is 6.10 Å². The van der Waals surface area contributed by atoms with Crippen molar-refractivity contribution in [1.29, 1.82) is 0 Å². The Kier molecular flexibility index (Phi) is 4.62. The van der Waals surface area contributed by atoms with Gasteiger partial charge in [0.1, 0.15) is 0 Å². The second kappa shape index (κ2) is 6.51. The van der Waals surface area contributed by atoms with Gasteiger partial charge in [0.05, 0.1) is 11.8 Å². The number of nitrogens with zero attached hydrogens (tertiary/aromatic N) is 2. The van der Waals surface area contributed by atoms with Gasteiger partial charge >= 0.3 is 0 Å². The van der Waals surface area contributed by atoms with Crippen LogP contribution in [0, 0.1) is 12.8 Å². The molecule has 1 amide bonds. The fraction of sp³-hybridized carbons (Fsp3) is 0.375. The number of nitrogens with one attached hydrogen (secondary N) is 1. The van der Waals surface area contributed by atoms with Crippen molar-refractivity contribution in [2.75, 3.05) is 13.1 Å². The van der Waals surface area contributed by atoms with Crippen molar-refractivity contribution >= 4 is 29.1 Å². The number of H-pyrrole nitrogens is 1. The van der Waals surface area contributed by atoms with Crippen molar-refractivity contribution in [2.24, 2.45) is 5.92 Å². The Morgan fingerprint density at radius 2 is 2.00 bits per heavy atom. The Morgan fingerprint density at radius 1 is 1.30 bits per heavy atom. The van der Waals surface area contributed by atoms with Crippen LogP contribution in [0.1, 0.15) is 21.7 Å². The van der Waals surface area contributed by atoms with E-state index in [-0.39, 0.29) is 11.8 Å². The van der Waals surface area contributed by atoms with E-state index in [2.05, 4.69) is 10.2 Å². The lowest BCUT2D eigenvalue weighted by atomic mass is 10.0. The molecule has 1 aromatic heterocycles. The molecular weight excluding hydrogens is 337 g/mol. The van der Waals surface area contributed by atoms with Crippen molar-refractivity contribution in [3.8, 4) is 0 Å². The maximum Gasteiger partial charge on any atom is 0.254 e. The number of aryl methyl sites for hydroxylation is 1. The summed E-state index contributed by atoms with van der Waals surface area (Å²) >= 11 is 11.9. The zero-order valence-electron chi connectivity index (χ0n) is 12.6. The van der Waals surface area contributed by atoms with E-state index in [4.69, 9.17) is 23.2 Å². The van der Waals surface area contributed by atoms with Crippen molar-refractivity contribution in [2.45, 2.75) is 19.4 Å². The number of rotatable bonds is 3. The molecule has 122 valence electrons. The van der Waals surface area contributed by atoms with Crippen LogP contribution in [0.15, 0.2) is 24.3 Å². The summed E-state index contributed by atoms with van der Waals surface area (Å²) in [6.45, 7) is 2.72. The molecule has 0 spiro atoms. The lowest BCUT2D eigenvalue weighted by molar-refractivity contribution is 0.0764. The van der Waals surface area contributed by atoms with Crippen LogP contribution < -0.4 is 0 Å². The van der Waals surface area contributed by atoms with Gasteiger partial charge in [-0.3, -0.25) is 9.89 Å². The first kappa shape index (κ1) is 16.3. The van der Waals surface area contributed by atoms with Gasteiger partial charge in [-0.2, -0.15) is 5.10 Å². The van der Waals surface area contributed by atoms with Crippen LogP contribution in [0.25, 0.3) is 0 Å². The van der Waals surface area contributed by atoms with Gasteiger partial charge in [0, 0.05) is 40.3 Å². The molecule has 0 unspecified atom stereocenters. The number of β-amino-alcohol motifs (C(OH)–C–C–N with tert-alkyl or cyclic N) is 1. The first-order valence-corrected chi connectivity index (χ1v) is 8.12. The van der Waals surface area contributed by atoms with Crippen LogP contribution >= 0.6 is 23.2 Å². The standard InChI is InChI=1S/C16H17Cl2N3O2/c1-9-2-14(20-19-9)5-11-7-21(8-15(11)22)16(23)10-3-12(17)6-13(18)4-10/h2-4,6,11,15,22H,5,7-8H2,1H3,(H,19,20)/t11-,15-/m1/s1. The van der Waals surface area contributed by atoms with Gasteiger partial charge < -0.3 is 10.0 Å². The molecular formula is C16H17Cl2N3O2. The number of aliphatic hydroxyl groups excluding tert-OH is 1. The van der Waals surface area contributed by atoms with Gasteiger partial charge in [0.2, 0.25) is 0 Å². The minimum Gasteiger partial charge on any atom is -0.391 e. The first-order valence-electron chi connectivity index (χ1n) is 7.36. The Morgan fingerprint density at radius 3 is 2.61 bits per heavy atom. The number of aromatic nitrogens is 2. The lowest BCUT2D eigenvalue weighted by Crippen LogP contribution is -2.29. The zero-order valence-corrected chi connectivity index (χ0v) is 14.1. The number of carbonyl (C=O) groups is 1. The highest BCUT2D eigenvalue weighted by molar-refractivity contribution is 6.35. The fourth-order valence-corrected chi connectivity index (χ4v) is 3.45. The van der Waals surface area contributed by atoms with Gasteiger partial charge in [-0.15, -0.1) is 0 Å². The van der Waals surface area contributed by atoms with Crippen LogP contribution in [-0.4, -0.2) is 45.3 Å². The molecule has 1 saturated heterocycles. The highest BCUT2D eigenvalue weighted by atomic mass is 35.5. The third-order valence-corrected chi connectivity index (χ3v) is 4.47. The molecule has 2 aromatic rings. The average Bonchev–Trinajstić information content (AvgIpc) is 3.04. The Hall–Kier alpha value is -1.56. The molecule has 1 aromatic carbocycles. The Bertz CT molecular complexity index is 712. The molecule has 3 rings (SSSR count). The van der Waals surface area contributed by atoms with Crippen LogP contribution in [0.3, 0.4) is 0 Å². The maximum atomic E-state index is 12.6. The molecule has 7 heteroatoms. The summed E-state index contributed by atoms with van der Waals surface area (Å²) in [7, 11) is 0. The fourth-order valence-electron chi connectivity index (χ4n) is 2.93. The summed E-state index contributed by atoms with van der Waals surface area (Å²) in [5.74, 6) is -0.203. The normalized spacial score (nSPS) is 21.0. The summed E-state index contributed by atoms with van der Waals surface area (Å²) in [4.78, 5) is 14.2. The number of aliphatic hydroxyl groups is 1. The average molecular weight is 354 g/mol. The third kappa shape index (κ3) is 3.68. The number of aromatic amines is 1. The minimum atomic E-state index is -0.564. The topological polar surface area (TPSA) is 69.2 Å². The highest BCUT2D eigenvalue weighted by Crippen LogP contribution is 2.25. The van der Waals surface area contributed by atoms with Gasteiger partial charge in [-0.05, 0) is 37.6 Å². The van der Waals surface area contributed by atoms with Crippen LogP contribution in [0.4, 0.5) is 0 Å². The number of benzene rings is 1. The van der Waals surface area contributed by atoms with Gasteiger partial charge in [-0.25, -0.2) is 0 Å². The molecule has 23 heavy (non-hydrogen) atoms. The molecule has 2 atom stereocenters. The van der Waals surface area contributed by atoms with Gasteiger partial charge in [0.25, 0.3) is 5.91 Å². The predicted octanol–water partition coefficient (Wildman–Crippen LogP) is 2.70. The molecule has 0 aliphatic carbocycles. The van der Waals surface area contributed by atoms with E-state index in [0.29, 0.717) is 35.1 Å². The van der Waals surface area contributed by atoms with Gasteiger partial charge in [0.15, 0.2) is 0 Å². The summed E-state index contributed by atoms with van der Waals surface area (Å²) < 4.78 is 0. The van der Waals surface area contributed by atoms with E-state index in [9.17, 15) is 9.90 Å². The number of hydrogen-bond acceptors (Lipinski definition) is 3. The largest absolute Gasteiger partial charge is 0.391 e. The Balaban J connectivity index is 1.71. The number of likely N-dealkylation sites (tertiary alicyclic amines) is 1. The second-order valence-corrected chi connectivity index (χ2v) is 6.81. The monoisotopic (exact) mass is 353 g/mol. The molecule has 0 bridgehead atoms. The van der Waals surface area contributed by atoms with Crippen LogP contribution in [0.2, 0.25) is 10.0 Å². The van der Waals surface area contributed by atoms with E-state index in [0.717, 1.165) is 11.4 Å². The van der Waals surface area contributed by atoms with E-state index in [1.54, 1.807) is 23.1 Å². The summed E-state index contributed by atoms with van der Waals surface area (Å²) in [6, 6.07) is 6.72. The molecule has 5 nitrogen and oxygen atoms in total. The zero-order chi connectivity index (χ0) is 16.6. The summed E-state index contributed by atoms with van der Waals surface area (Å²) in [6.07, 6.45) is 0.0663. The van der Waals surface area contributed by atoms with Crippen molar-refractivity contribution in [1.82, 2.24) is 15.1 Å².